The first kappa shape index (κ1) is 18.1. The summed E-state index contributed by atoms with van der Waals surface area (Å²) in [4.78, 5) is -0.232. The molecule has 0 radical (unpaired) electrons. The van der Waals surface area contributed by atoms with Crippen LogP contribution in [-0.4, -0.2) is 34.4 Å². The molecule has 2 aliphatic heterocycles. The van der Waals surface area contributed by atoms with Crippen molar-refractivity contribution in [3.8, 4) is 5.75 Å². The molecule has 0 aliphatic carbocycles. The van der Waals surface area contributed by atoms with Crippen molar-refractivity contribution in [3.63, 3.8) is 0 Å². The van der Waals surface area contributed by atoms with Gasteiger partial charge in [-0.1, -0.05) is 18.2 Å². The van der Waals surface area contributed by atoms with Gasteiger partial charge in [0.25, 0.3) is 10.0 Å². The molecule has 2 heterocycles. The van der Waals surface area contributed by atoms with E-state index >= 15 is 0 Å². The molecule has 9 heteroatoms. The van der Waals surface area contributed by atoms with Crippen LogP contribution in [0, 0.1) is 0 Å². The van der Waals surface area contributed by atoms with Gasteiger partial charge >= 0.3 is 6.36 Å². The molecular weight excluding hydrogens is 381 g/mol. The number of ether oxygens (including phenoxy) is 1. The summed E-state index contributed by atoms with van der Waals surface area (Å²) in [6.45, 7) is 2.08. The van der Waals surface area contributed by atoms with E-state index in [1.807, 2.05) is 12.1 Å². The summed E-state index contributed by atoms with van der Waals surface area (Å²) < 4.78 is 68.3. The third-order valence-corrected chi connectivity index (χ3v) is 6.65. The van der Waals surface area contributed by atoms with E-state index in [2.05, 4.69) is 10.1 Å². The van der Waals surface area contributed by atoms with E-state index in [4.69, 9.17) is 0 Å². The zero-order valence-corrected chi connectivity index (χ0v) is 15.0. The van der Waals surface area contributed by atoms with E-state index in [0.29, 0.717) is 18.0 Å². The van der Waals surface area contributed by atoms with Crippen molar-refractivity contribution in [1.29, 1.82) is 0 Å². The Morgan fingerprint density at radius 3 is 2.56 bits per heavy atom. The second-order valence-corrected chi connectivity index (χ2v) is 8.46. The Morgan fingerprint density at radius 2 is 1.89 bits per heavy atom. The average Bonchev–Trinajstić information content (AvgIpc) is 2.96. The van der Waals surface area contributed by atoms with E-state index < -0.39 is 22.1 Å². The Bertz CT molecular complexity index is 972. The van der Waals surface area contributed by atoms with Crippen LogP contribution in [-0.2, 0) is 16.4 Å². The lowest BCUT2D eigenvalue weighted by Gasteiger charge is -2.28. The number of sulfonamides is 1. The molecule has 0 saturated carbocycles. The van der Waals surface area contributed by atoms with Gasteiger partial charge in [0.1, 0.15) is 5.75 Å². The fraction of sp³-hybridized carbons (Fsp3) is 0.333. The predicted octanol–water partition coefficient (Wildman–Crippen LogP) is 3.02. The molecule has 1 N–H and O–H groups in total. The van der Waals surface area contributed by atoms with Crippen molar-refractivity contribution in [3.05, 3.63) is 53.6 Å². The van der Waals surface area contributed by atoms with Crippen LogP contribution in [0.2, 0.25) is 0 Å². The maximum atomic E-state index is 13.0. The van der Waals surface area contributed by atoms with Gasteiger partial charge in [0.05, 0.1) is 10.6 Å². The molecule has 4 rings (SSSR count). The largest absolute Gasteiger partial charge is 0.573 e. The number of nitrogens with zero attached hydrogens (tertiary/aromatic N) is 1. The van der Waals surface area contributed by atoms with Crippen LogP contribution < -0.4 is 14.4 Å². The summed E-state index contributed by atoms with van der Waals surface area (Å²) in [5.74, 6) is -0.118. The molecule has 2 aromatic carbocycles. The molecule has 27 heavy (non-hydrogen) atoms. The van der Waals surface area contributed by atoms with Crippen LogP contribution in [0.15, 0.2) is 47.4 Å². The van der Waals surface area contributed by atoms with Gasteiger partial charge in [0.15, 0.2) is 0 Å². The van der Waals surface area contributed by atoms with Crippen molar-refractivity contribution >= 4 is 15.7 Å². The number of benzene rings is 2. The molecule has 0 amide bonds. The lowest BCUT2D eigenvalue weighted by Crippen LogP contribution is -2.39. The SMILES string of the molecule is O=S(=O)(c1cccc(OC(F)(F)F)c1)N1CCc2cc(C3CNC3)ccc21. The quantitative estimate of drug-likeness (QED) is 0.860. The molecule has 2 aromatic rings. The number of nitrogens with one attached hydrogen (secondary N) is 1. The van der Waals surface area contributed by atoms with E-state index in [1.54, 1.807) is 6.07 Å². The van der Waals surface area contributed by atoms with Crippen LogP contribution in [0.25, 0.3) is 0 Å². The predicted molar refractivity (Wildman–Crippen MR) is 93.4 cm³/mol. The lowest BCUT2D eigenvalue weighted by molar-refractivity contribution is -0.274. The highest BCUT2D eigenvalue weighted by Gasteiger charge is 2.34. The number of fused-ring (bicyclic) bond motifs is 1. The summed E-state index contributed by atoms with van der Waals surface area (Å²) >= 11 is 0. The highest BCUT2D eigenvalue weighted by atomic mass is 32.2. The summed E-state index contributed by atoms with van der Waals surface area (Å²) in [6.07, 6.45) is -4.31. The fourth-order valence-electron chi connectivity index (χ4n) is 3.38. The van der Waals surface area contributed by atoms with Gasteiger partial charge in [-0.3, -0.25) is 4.31 Å². The number of hydrogen-bond acceptors (Lipinski definition) is 4. The van der Waals surface area contributed by atoms with Gasteiger partial charge in [0, 0.05) is 31.6 Å². The molecule has 0 atom stereocenters. The maximum absolute atomic E-state index is 13.0. The Kier molecular flexibility index (Phi) is 4.31. The molecule has 0 unspecified atom stereocenters. The Balaban J connectivity index is 1.63. The third kappa shape index (κ3) is 3.49. The molecule has 5 nitrogen and oxygen atoms in total. The first-order valence-corrected chi connectivity index (χ1v) is 9.90. The van der Waals surface area contributed by atoms with Crippen LogP contribution in [0.3, 0.4) is 0 Å². The Hall–Kier alpha value is -2.26. The minimum Gasteiger partial charge on any atom is -0.406 e. The maximum Gasteiger partial charge on any atom is 0.573 e. The van der Waals surface area contributed by atoms with E-state index in [9.17, 15) is 21.6 Å². The normalized spacial score (nSPS) is 17.5. The van der Waals surface area contributed by atoms with Crippen LogP contribution >= 0.6 is 0 Å². The highest BCUT2D eigenvalue weighted by molar-refractivity contribution is 7.92. The number of halogens is 3. The monoisotopic (exact) mass is 398 g/mol. The average molecular weight is 398 g/mol. The van der Waals surface area contributed by atoms with Crippen LogP contribution in [0.4, 0.5) is 18.9 Å². The van der Waals surface area contributed by atoms with Gasteiger partial charge in [0.2, 0.25) is 0 Å². The second kappa shape index (κ2) is 6.42. The van der Waals surface area contributed by atoms with Gasteiger partial charge in [-0.15, -0.1) is 13.2 Å². The zero-order valence-electron chi connectivity index (χ0n) is 14.2. The van der Waals surface area contributed by atoms with Gasteiger partial charge in [-0.2, -0.15) is 0 Å². The summed E-state index contributed by atoms with van der Waals surface area (Å²) in [5, 5.41) is 3.21. The molecular formula is C18H17F3N2O3S. The van der Waals surface area contributed by atoms with E-state index in [-0.39, 0.29) is 11.4 Å². The van der Waals surface area contributed by atoms with Crippen molar-refractivity contribution in [2.75, 3.05) is 23.9 Å². The minimum atomic E-state index is -4.88. The number of rotatable bonds is 4. The molecule has 144 valence electrons. The van der Waals surface area contributed by atoms with Gasteiger partial charge < -0.3 is 10.1 Å². The fourth-order valence-corrected chi connectivity index (χ4v) is 4.92. The number of hydrogen-bond donors (Lipinski definition) is 1. The van der Waals surface area contributed by atoms with Gasteiger partial charge in [-0.25, -0.2) is 8.42 Å². The van der Waals surface area contributed by atoms with Crippen molar-refractivity contribution < 1.29 is 26.3 Å². The minimum absolute atomic E-state index is 0.232. The number of anilines is 1. The summed E-state index contributed by atoms with van der Waals surface area (Å²) in [5.41, 5.74) is 2.69. The van der Waals surface area contributed by atoms with Gasteiger partial charge in [-0.05, 0) is 35.7 Å². The van der Waals surface area contributed by atoms with Crippen molar-refractivity contribution in [1.82, 2.24) is 5.32 Å². The highest BCUT2D eigenvalue weighted by Crippen LogP contribution is 2.36. The molecule has 0 aromatic heterocycles. The lowest BCUT2D eigenvalue weighted by atomic mass is 9.92. The molecule has 0 bridgehead atoms. The molecule has 0 spiro atoms. The van der Waals surface area contributed by atoms with E-state index in [0.717, 1.165) is 30.8 Å². The van der Waals surface area contributed by atoms with Crippen LogP contribution in [0.1, 0.15) is 17.0 Å². The van der Waals surface area contributed by atoms with Crippen LogP contribution in [0.5, 0.6) is 5.75 Å². The first-order valence-electron chi connectivity index (χ1n) is 8.46. The Labute approximate surface area is 154 Å². The molecule has 1 saturated heterocycles. The van der Waals surface area contributed by atoms with E-state index in [1.165, 1.54) is 22.0 Å². The zero-order chi connectivity index (χ0) is 19.2. The molecule has 2 aliphatic rings. The topological polar surface area (TPSA) is 58.6 Å². The molecule has 1 fully saturated rings. The summed E-state index contributed by atoms with van der Waals surface area (Å²) in [7, 11) is -3.98. The smallest absolute Gasteiger partial charge is 0.406 e. The van der Waals surface area contributed by atoms with Crippen molar-refractivity contribution in [2.45, 2.75) is 23.6 Å². The first-order chi connectivity index (χ1) is 12.7. The third-order valence-electron chi connectivity index (χ3n) is 4.84. The number of alkyl halides is 3. The standard InChI is InChI=1S/C18H17F3N2O3S/c19-18(20,21)26-15-2-1-3-16(9-15)27(24,25)23-7-6-13-8-12(4-5-17(13)23)14-10-22-11-14/h1-5,8-9,14,22H,6-7,10-11H2. The second-order valence-electron chi connectivity index (χ2n) is 6.59. The summed E-state index contributed by atoms with van der Waals surface area (Å²) in [6, 6.07) is 10.2. The van der Waals surface area contributed by atoms with Crippen molar-refractivity contribution in [2.24, 2.45) is 0 Å². The Morgan fingerprint density at radius 1 is 1.11 bits per heavy atom.